The number of amides is 1. The molecule has 1 amide bonds. The minimum absolute atomic E-state index is 0.121. The second kappa shape index (κ2) is 4.96. The van der Waals surface area contributed by atoms with Crippen molar-refractivity contribution in [1.29, 1.82) is 0 Å². The summed E-state index contributed by atoms with van der Waals surface area (Å²) in [7, 11) is 0. The number of nitro groups is 1. The fourth-order valence-corrected chi connectivity index (χ4v) is 1.89. The van der Waals surface area contributed by atoms with Gasteiger partial charge in [0.1, 0.15) is 10.7 Å². The molecule has 0 aliphatic carbocycles. The normalized spacial score (nSPS) is 10.1. The van der Waals surface area contributed by atoms with Crippen LogP contribution in [-0.2, 0) is 0 Å². The molecule has 0 saturated heterocycles. The highest BCUT2D eigenvalue weighted by Crippen LogP contribution is 2.28. The summed E-state index contributed by atoms with van der Waals surface area (Å²) in [5.74, 6) is -0.280. The van der Waals surface area contributed by atoms with Crippen LogP contribution in [0.25, 0.3) is 0 Å². The van der Waals surface area contributed by atoms with E-state index in [0.29, 0.717) is 0 Å². The molecule has 92 valence electrons. The molecule has 1 aromatic carbocycles. The van der Waals surface area contributed by atoms with Crippen LogP contribution in [0.3, 0.4) is 0 Å². The second-order valence-electron chi connectivity index (χ2n) is 3.23. The molecule has 0 aliphatic rings. The molecule has 1 N–H and O–H groups in total. The molecular formula is C10H6BrN3O4. The number of hydrogen-bond acceptors (Lipinski definition) is 5. The van der Waals surface area contributed by atoms with Crippen molar-refractivity contribution in [2.24, 2.45) is 0 Å². The molecule has 2 aromatic rings. The summed E-state index contributed by atoms with van der Waals surface area (Å²) < 4.78 is 4.68. The molecular weight excluding hydrogens is 306 g/mol. The lowest BCUT2D eigenvalue weighted by Crippen LogP contribution is -2.13. The number of rotatable bonds is 3. The number of nitrogens with zero attached hydrogens (tertiary/aromatic N) is 2. The van der Waals surface area contributed by atoms with E-state index in [1.165, 1.54) is 30.5 Å². The van der Waals surface area contributed by atoms with Crippen molar-refractivity contribution >= 4 is 33.3 Å². The third-order valence-corrected chi connectivity index (χ3v) is 2.93. The molecule has 0 bridgehead atoms. The van der Waals surface area contributed by atoms with Gasteiger partial charge in [0.25, 0.3) is 11.6 Å². The number of hydrogen-bond donors (Lipinski definition) is 1. The maximum Gasteiger partial charge on any atom is 0.284 e. The Morgan fingerprint density at radius 3 is 2.83 bits per heavy atom. The first-order valence-electron chi connectivity index (χ1n) is 4.74. The van der Waals surface area contributed by atoms with Crippen molar-refractivity contribution in [3.8, 4) is 0 Å². The molecule has 0 saturated carbocycles. The Labute approximate surface area is 109 Å². The zero-order valence-corrected chi connectivity index (χ0v) is 10.4. The van der Waals surface area contributed by atoms with E-state index in [9.17, 15) is 14.9 Å². The number of halogens is 1. The van der Waals surface area contributed by atoms with Crippen molar-refractivity contribution in [2.45, 2.75) is 0 Å². The molecule has 1 aromatic heterocycles. The van der Waals surface area contributed by atoms with Gasteiger partial charge < -0.3 is 9.84 Å². The van der Waals surface area contributed by atoms with E-state index in [0.717, 1.165) is 0 Å². The van der Waals surface area contributed by atoms with E-state index in [4.69, 9.17) is 0 Å². The number of anilines is 1. The Hall–Kier alpha value is -2.22. The van der Waals surface area contributed by atoms with Crippen LogP contribution in [0.15, 0.2) is 39.5 Å². The molecule has 8 heteroatoms. The van der Waals surface area contributed by atoms with E-state index in [2.05, 4.69) is 30.9 Å². The van der Waals surface area contributed by atoms with Gasteiger partial charge in [-0.25, -0.2) is 0 Å². The first-order valence-corrected chi connectivity index (χ1v) is 5.53. The van der Waals surface area contributed by atoms with Crippen molar-refractivity contribution in [1.82, 2.24) is 5.16 Å². The van der Waals surface area contributed by atoms with E-state index in [-0.39, 0.29) is 21.5 Å². The lowest BCUT2D eigenvalue weighted by atomic mass is 10.2. The predicted molar refractivity (Wildman–Crippen MR) is 65.3 cm³/mol. The lowest BCUT2D eigenvalue weighted by Gasteiger charge is -2.04. The first kappa shape index (κ1) is 12.2. The number of nitro benzene ring substituents is 1. The van der Waals surface area contributed by atoms with Crippen molar-refractivity contribution in [2.75, 3.05) is 5.32 Å². The van der Waals surface area contributed by atoms with Crippen LogP contribution >= 0.6 is 15.9 Å². The van der Waals surface area contributed by atoms with Crippen LogP contribution in [-0.4, -0.2) is 16.0 Å². The van der Waals surface area contributed by atoms with Gasteiger partial charge in [0.2, 0.25) is 0 Å². The Morgan fingerprint density at radius 1 is 1.44 bits per heavy atom. The SMILES string of the molecule is O=C(Nc1ccon1)c1cccc([N+](=O)[O-])c1Br. The van der Waals surface area contributed by atoms with Gasteiger partial charge in [-0.3, -0.25) is 14.9 Å². The molecule has 0 spiro atoms. The Kier molecular flexibility index (Phi) is 3.38. The van der Waals surface area contributed by atoms with Gasteiger partial charge in [-0.2, -0.15) is 0 Å². The average molecular weight is 312 g/mol. The smallest absolute Gasteiger partial charge is 0.284 e. The molecule has 1 heterocycles. The van der Waals surface area contributed by atoms with Gasteiger partial charge in [-0.15, -0.1) is 0 Å². The van der Waals surface area contributed by atoms with Crippen LogP contribution in [0, 0.1) is 10.1 Å². The monoisotopic (exact) mass is 311 g/mol. The van der Waals surface area contributed by atoms with Crippen LogP contribution in [0.4, 0.5) is 11.5 Å². The zero-order valence-electron chi connectivity index (χ0n) is 8.79. The minimum atomic E-state index is -0.572. The number of nitrogens with one attached hydrogen (secondary N) is 1. The summed E-state index contributed by atoms with van der Waals surface area (Å²) in [5.41, 5.74) is -0.0324. The van der Waals surface area contributed by atoms with Gasteiger partial charge in [-0.05, 0) is 22.0 Å². The van der Waals surface area contributed by atoms with E-state index >= 15 is 0 Å². The summed E-state index contributed by atoms with van der Waals surface area (Å²) in [6, 6.07) is 5.66. The molecule has 2 rings (SSSR count). The van der Waals surface area contributed by atoms with Gasteiger partial charge in [0, 0.05) is 12.1 Å². The molecule has 7 nitrogen and oxygen atoms in total. The highest BCUT2D eigenvalue weighted by Gasteiger charge is 2.19. The van der Waals surface area contributed by atoms with E-state index in [1.807, 2.05) is 0 Å². The third-order valence-electron chi connectivity index (χ3n) is 2.10. The Bertz CT molecular complexity index is 597. The van der Waals surface area contributed by atoms with Gasteiger partial charge in [-0.1, -0.05) is 11.2 Å². The number of carbonyl (C=O) groups excluding carboxylic acids is 1. The summed E-state index contributed by atoms with van der Waals surface area (Å²) in [6.45, 7) is 0. The van der Waals surface area contributed by atoms with Crippen molar-refractivity contribution in [3.05, 3.63) is 50.7 Å². The Morgan fingerprint density at radius 2 is 2.22 bits per heavy atom. The van der Waals surface area contributed by atoms with Gasteiger partial charge in [0.15, 0.2) is 5.82 Å². The average Bonchev–Trinajstić information content (AvgIpc) is 2.81. The summed E-state index contributed by atoms with van der Waals surface area (Å²) in [5, 5.41) is 16.7. The minimum Gasteiger partial charge on any atom is -0.363 e. The van der Waals surface area contributed by atoms with E-state index < -0.39 is 10.8 Å². The molecule has 0 fully saturated rings. The highest BCUT2D eigenvalue weighted by molar-refractivity contribution is 9.10. The second-order valence-corrected chi connectivity index (χ2v) is 4.03. The zero-order chi connectivity index (χ0) is 13.1. The van der Waals surface area contributed by atoms with Crippen LogP contribution < -0.4 is 5.32 Å². The number of benzene rings is 1. The van der Waals surface area contributed by atoms with Crippen LogP contribution in [0.1, 0.15) is 10.4 Å². The van der Waals surface area contributed by atoms with Gasteiger partial charge in [0.05, 0.1) is 10.5 Å². The van der Waals surface area contributed by atoms with Crippen LogP contribution in [0.2, 0.25) is 0 Å². The van der Waals surface area contributed by atoms with Crippen LogP contribution in [0.5, 0.6) is 0 Å². The lowest BCUT2D eigenvalue weighted by molar-refractivity contribution is -0.385. The molecule has 0 aliphatic heterocycles. The fraction of sp³-hybridized carbons (Fsp3) is 0. The Balaban J connectivity index is 2.31. The third kappa shape index (κ3) is 2.38. The highest BCUT2D eigenvalue weighted by atomic mass is 79.9. The quantitative estimate of drug-likeness (QED) is 0.694. The van der Waals surface area contributed by atoms with E-state index in [1.54, 1.807) is 0 Å². The summed E-state index contributed by atoms with van der Waals surface area (Å²) >= 11 is 3.04. The topological polar surface area (TPSA) is 98.3 Å². The fourth-order valence-electron chi connectivity index (χ4n) is 1.30. The summed E-state index contributed by atoms with van der Waals surface area (Å²) in [6.07, 6.45) is 1.30. The first-order chi connectivity index (χ1) is 8.59. The van der Waals surface area contributed by atoms with Crippen molar-refractivity contribution < 1.29 is 14.2 Å². The maximum atomic E-state index is 11.9. The van der Waals surface area contributed by atoms with Gasteiger partial charge >= 0.3 is 0 Å². The maximum absolute atomic E-state index is 11.9. The molecule has 18 heavy (non-hydrogen) atoms. The molecule has 0 atom stereocenters. The molecule has 0 radical (unpaired) electrons. The number of aromatic nitrogens is 1. The number of carbonyl (C=O) groups is 1. The summed E-state index contributed by atoms with van der Waals surface area (Å²) in [4.78, 5) is 22.0. The molecule has 0 unspecified atom stereocenters. The predicted octanol–water partition coefficient (Wildman–Crippen LogP) is 2.60. The van der Waals surface area contributed by atoms with Crippen molar-refractivity contribution in [3.63, 3.8) is 0 Å². The largest absolute Gasteiger partial charge is 0.363 e. The standard InChI is InChI=1S/C10H6BrN3O4/c11-9-6(2-1-3-7(9)14(16)17)10(15)12-8-4-5-18-13-8/h1-5H,(H,12,13,15).